The highest BCUT2D eigenvalue weighted by Gasteiger charge is 2.25. The zero-order valence-electron chi connectivity index (χ0n) is 12.1. The van der Waals surface area contributed by atoms with Crippen LogP contribution in [0.3, 0.4) is 0 Å². The summed E-state index contributed by atoms with van der Waals surface area (Å²) < 4.78 is 6.03. The van der Waals surface area contributed by atoms with E-state index in [1.54, 1.807) is 11.3 Å². The standard InChI is InChI=1S/C17H18N2OS/c1-2-19-8-7-12-15(10-19)21-17(18)16(12)14-9-11-5-3-4-6-13(11)20-14/h3-6,9H,2,7-8,10,18H2,1H3. The lowest BCUT2D eigenvalue weighted by atomic mass is 10.0. The summed E-state index contributed by atoms with van der Waals surface area (Å²) in [6.45, 7) is 5.42. The summed E-state index contributed by atoms with van der Waals surface area (Å²) in [6, 6.07) is 10.2. The quantitative estimate of drug-likeness (QED) is 0.774. The van der Waals surface area contributed by atoms with Gasteiger partial charge in [0.15, 0.2) is 0 Å². The van der Waals surface area contributed by atoms with Gasteiger partial charge in [-0.25, -0.2) is 0 Å². The highest BCUT2D eigenvalue weighted by atomic mass is 32.1. The molecule has 108 valence electrons. The van der Waals surface area contributed by atoms with Gasteiger partial charge in [-0.3, -0.25) is 4.90 Å². The van der Waals surface area contributed by atoms with Gasteiger partial charge in [0.25, 0.3) is 0 Å². The van der Waals surface area contributed by atoms with Crippen molar-refractivity contribution in [2.45, 2.75) is 19.9 Å². The van der Waals surface area contributed by atoms with Crippen molar-refractivity contribution in [2.75, 3.05) is 18.8 Å². The number of rotatable bonds is 2. The SMILES string of the molecule is CCN1CCc2c(sc(N)c2-c2cc3ccccc3o2)C1. The van der Waals surface area contributed by atoms with Crippen LogP contribution in [0.25, 0.3) is 22.3 Å². The maximum absolute atomic E-state index is 6.30. The normalized spacial score (nSPS) is 15.5. The predicted molar refractivity (Wildman–Crippen MR) is 88.6 cm³/mol. The number of nitrogens with two attached hydrogens (primary N) is 1. The molecule has 0 spiro atoms. The van der Waals surface area contributed by atoms with Crippen molar-refractivity contribution in [3.8, 4) is 11.3 Å². The van der Waals surface area contributed by atoms with Crippen molar-refractivity contribution < 1.29 is 4.42 Å². The average molecular weight is 298 g/mol. The van der Waals surface area contributed by atoms with Gasteiger partial charge in [0.2, 0.25) is 0 Å². The van der Waals surface area contributed by atoms with Gasteiger partial charge < -0.3 is 10.2 Å². The molecule has 1 aliphatic rings. The second-order valence-corrected chi connectivity index (χ2v) is 6.65. The first kappa shape index (κ1) is 12.9. The first-order chi connectivity index (χ1) is 10.3. The third-order valence-corrected chi connectivity index (χ3v) is 5.33. The molecule has 3 aromatic rings. The lowest BCUT2D eigenvalue weighted by molar-refractivity contribution is 0.272. The summed E-state index contributed by atoms with van der Waals surface area (Å²) in [5.74, 6) is 0.913. The number of thiophene rings is 1. The van der Waals surface area contributed by atoms with E-state index >= 15 is 0 Å². The molecule has 4 heteroatoms. The molecule has 0 unspecified atom stereocenters. The van der Waals surface area contributed by atoms with Crippen LogP contribution in [0.15, 0.2) is 34.7 Å². The number of likely N-dealkylation sites (N-methyl/N-ethyl adjacent to an activating group) is 1. The van der Waals surface area contributed by atoms with Gasteiger partial charge in [-0.1, -0.05) is 25.1 Å². The molecule has 0 saturated heterocycles. The number of para-hydroxylation sites is 1. The van der Waals surface area contributed by atoms with Gasteiger partial charge in [0, 0.05) is 23.4 Å². The topological polar surface area (TPSA) is 42.4 Å². The van der Waals surface area contributed by atoms with Crippen LogP contribution in [0, 0.1) is 0 Å². The van der Waals surface area contributed by atoms with E-state index in [4.69, 9.17) is 10.2 Å². The maximum atomic E-state index is 6.30. The minimum atomic E-state index is 0.886. The van der Waals surface area contributed by atoms with Crippen LogP contribution < -0.4 is 5.73 Å². The Morgan fingerprint density at radius 1 is 1.33 bits per heavy atom. The third-order valence-electron chi connectivity index (χ3n) is 4.28. The van der Waals surface area contributed by atoms with Gasteiger partial charge in [-0.05, 0) is 30.7 Å². The molecule has 0 radical (unpaired) electrons. The Bertz CT molecular complexity index is 769. The molecule has 4 rings (SSSR count). The van der Waals surface area contributed by atoms with E-state index < -0.39 is 0 Å². The summed E-state index contributed by atoms with van der Waals surface area (Å²) in [7, 11) is 0. The van der Waals surface area contributed by atoms with Crippen LogP contribution in [0.1, 0.15) is 17.4 Å². The molecule has 1 aromatic carbocycles. The first-order valence-corrected chi connectivity index (χ1v) is 8.19. The van der Waals surface area contributed by atoms with E-state index in [0.717, 1.165) is 53.3 Å². The minimum absolute atomic E-state index is 0.886. The lowest BCUT2D eigenvalue weighted by Crippen LogP contribution is -2.29. The van der Waals surface area contributed by atoms with E-state index in [9.17, 15) is 0 Å². The van der Waals surface area contributed by atoms with Crippen LogP contribution in [-0.4, -0.2) is 18.0 Å². The molecule has 3 heterocycles. The van der Waals surface area contributed by atoms with Crippen LogP contribution in [0.5, 0.6) is 0 Å². The Labute approximate surface area is 128 Å². The summed E-state index contributed by atoms with van der Waals surface area (Å²) in [6.07, 6.45) is 1.06. The van der Waals surface area contributed by atoms with Gasteiger partial charge in [-0.2, -0.15) is 0 Å². The van der Waals surface area contributed by atoms with Gasteiger partial charge >= 0.3 is 0 Å². The highest BCUT2D eigenvalue weighted by Crippen LogP contribution is 2.43. The molecule has 0 bridgehead atoms. The zero-order chi connectivity index (χ0) is 14.4. The molecule has 0 aliphatic carbocycles. The third kappa shape index (κ3) is 2.06. The van der Waals surface area contributed by atoms with E-state index in [1.807, 2.05) is 18.2 Å². The van der Waals surface area contributed by atoms with Crippen LogP contribution >= 0.6 is 11.3 Å². The van der Waals surface area contributed by atoms with E-state index in [2.05, 4.69) is 24.0 Å². The van der Waals surface area contributed by atoms with E-state index in [1.165, 1.54) is 10.4 Å². The molecule has 0 atom stereocenters. The number of nitrogen functional groups attached to an aromatic ring is 1. The highest BCUT2D eigenvalue weighted by molar-refractivity contribution is 7.16. The van der Waals surface area contributed by atoms with Crippen molar-refractivity contribution in [2.24, 2.45) is 0 Å². The number of nitrogens with zero attached hydrogens (tertiary/aromatic N) is 1. The van der Waals surface area contributed by atoms with Crippen LogP contribution in [0.4, 0.5) is 5.00 Å². The summed E-state index contributed by atoms with van der Waals surface area (Å²) >= 11 is 1.72. The molecule has 0 fully saturated rings. The van der Waals surface area contributed by atoms with Gasteiger partial charge in [0.1, 0.15) is 11.3 Å². The molecule has 2 aromatic heterocycles. The van der Waals surface area contributed by atoms with Crippen LogP contribution in [-0.2, 0) is 13.0 Å². The molecule has 0 saturated carbocycles. The Hall–Kier alpha value is -1.78. The fraction of sp³-hybridized carbons (Fsp3) is 0.294. The number of hydrogen-bond donors (Lipinski definition) is 1. The Balaban J connectivity index is 1.83. The van der Waals surface area contributed by atoms with E-state index in [0.29, 0.717) is 0 Å². The van der Waals surface area contributed by atoms with Crippen molar-refractivity contribution in [3.05, 3.63) is 40.8 Å². The van der Waals surface area contributed by atoms with Crippen molar-refractivity contribution in [1.82, 2.24) is 4.90 Å². The Morgan fingerprint density at radius 2 is 2.19 bits per heavy atom. The van der Waals surface area contributed by atoms with Crippen LogP contribution in [0.2, 0.25) is 0 Å². The van der Waals surface area contributed by atoms with E-state index in [-0.39, 0.29) is 0 Å². The number of fused-ring (bicyclic) bond motifs is 2. The second-order valence-electron chi connectivity index (χ2n) is 5.51. The van der Waals surface area contributed by atoms with Crippen molar-refractivity contribution >= 4 is 27.3 Å². The monoisotopic (exact) mass is 298 g/mol. The average Bonchev–Trinajstić information content (AvgIpc) is 3.05. The molecule has 3 nitrogen and oxygen atoms in total. The van der Waals surface area contributed by atoms with Gasteiger partial charge in [0.05, 0.1) is 10.6 Å². The molecule has 0 amide bonds. The van der Waals surface area contributed by atoms with Crippen molar-refractivity contribution in [1.29, 1.82) is 0 Å². The first-order valence-electron chi connectivity index (χ1n) is 7.37. The Kier molecular flexibility index (Phi) is 3.01. The molecule has 2 N–H and O–H groups in total. The van der Waals surface area contributed by atoms with Crippen molar-refractivity contribution in [3.63, 3.8) is 0 Å². The molecular weight excluding hydrogens is 280 g/mol. The molecular formula is C17H18N2OS. The minimum Gasteiger partial charge on any atom is -0.456 e. The number of anilines is 1. The van der Waals surface area contributed by atoms with Gasteiger partial charge in [-0.15, -0.1) is 11.3 Å². The number of hydrogen-bond acceptors (Lipinski definition) is 4. The predicted octanol–water partition coefficient (Wildman–Crippen LogP) is 4.12. The second kappa shape index (κ2) is 4.90. The fourth-order valence-corrected chi connectivity index (χ4v) is 4.29. The summed E-state index contributed by atoms with van der Waals surface area (Å²) in [4.78, 5) is 3.86. The molecule has 1 aliphatic heterocycles. The summed E-state index contributed by atoms with van der Waals surface area (Å²) in [5, 5.41) is 2.02. The lowest BCUT2D eigenvalue weighted by Gasteiger charge is -2.25. The summed E-state index contributed by atoms with van der Waals surface area (Å²) in [5.41, 5.74) is 9.75. The fourth-order valence-electron chi connectivity index (χ4n) is 3.12. The zero-order valence-corrected chi connectivity index (χ0v) is 12.9. The molecule has 21 heavy (non-hydrogen) atoms. The number of furan rings is 1. The largest absolute Gasteiger partial charge is 0.456 e. The Morgan fingerprint density at radius 3 is 3.00 bits per heavy atom. The number of benzene rings is 1. The smallest absolute Gasteiger partial charge is 0.138 e. The maximum Gasteiger partial charge on any atom is 0.138 e.